The summed E-state index contributed by atoms with van der Waals surface area (Å²) in [6.45, 7) is 2.11. The Morgan fingerprint density at radius 3 is 2.30 bits per heavy atom. The van der Waals surface area contributed by atoms with Crippen molar-refractivity contribution in [3.05, 3.63) is 65.7 Å². The maximum Gasteiger partial charge on any atom is 0.422 e. The van der Waals surface area contributed by atoms with E-state index < -0.39 is 12.8 Å². The number of amides is 2. The summed E-state index contributed by atoms with van der Waals surface area (Å²) in [6, 6.07) is 15.7. The molecule has 146 valence electrons. The Morgan fingerprint density at radius 2 is 1.70 bits per heavy atom. The zero-order chi connectivity index (χ0) is 19.7. The van der Waals surface area contributed by atoms with E-state index in [1.165, 1.54) is 12.1 Å². The molecule has 0 bridgehead atoms. The molecule has 0 saturated carbocycles. The zero-order valence-electron chi connectivity index (χ0n) is 15.1. The van der Waals surface area contributed by atoms with Crippen molar-refractivity contribution in [1.29, 1.82) is 0 Å². The predicted molar refractivity (Wildman–Crippen MR) is 97.4 cm³/mol. The molecule has 2 amide bonds. The van der Waals surface area contributed by atoms with Gasteiger partial charge in [0.25, 0.3) is 0 Å². The second-order valence-corrected chi connectivity index (χ2v) is 6.11. The molecule has 4 nitrogen and oxygen atoms in total. The van der Waals surface area contributed by atoms with Gasteiger partial charge in [-0.1, -0.05) is 49.4 Å². The fraction of sp³-hybridized carbons (Fsp3) is 0.350. The first-order valence-corrected chi connectivity index (χ1v) is 8.72. The van der Waals surface area contributed by atoms with E-state index in [0.29, 0.717) is 13.1 Å². The highest BCUT2D eigenvalue weighted by Gasteiger charge is 2.28. The van der Waals surface area contributed by atoms with Crippen LogP contribution in [0.5, 0.6) is 5.75 Å². The van der Waals surface area contributed by atoms with Crippen LogP contribution in [-0.4, -0.2) is 30.3 Å². The molecule has 0 radical (unpaired) electrons. The highest BCUT2D eigenvalue weighted by Crippen LogP contribution is 2.18. The predicted octanol–water partition coefficient (Wildman–Crippen LogP) is 4.75. The van der Waals surface area contributed by atoms with E-state index >= 15 is 0 Å². The lowest BCUT2D eigenvalue weighted by atomic mass is 10.2. The van der Waals surface area contributed by atoms with Crippen molar-refractivity contribution in [3.63, 3.8) is 0 Å². The summed E-state index contributed by atoms with van der Waals surface area (Å²) >= 11 is 0. The van der Waals surface area contributed by atoms with E-state index in [0.717, 1.165) is 17.5 Å². The molecule has 0 saturated heterocycles. The number of alkyl halides is 3. The van der Waals surface area contributed by atoms with Crippen LogP contribution in [0.1, 0.15) is 24.5 Å². The quantitative estimate of drug-likeness (QED) is 0.718. The van der Waals surface area contributed by atoms with Crippen molar-refractivity contribution >= 4 is 6.03 Å². The molecule has 27 heavy (non-hydrogen) atoms. The zero-order valence-corrected chi connectivity index (χ0v) is 15.1. The van der Waals surface area contributed by atoms with Crippen molar-refractivity contribution in [2.24, 2.45) is 0 Å². The van der Waals surface area contributed by atoms with Gasteiger partial charge < -0.3 is 15.0 Å². The van der Waals surface area contributed by atoms with Gasteiger partial charge >= 0.3 is 12.2 Å². The largest absolute Gasteiger partial charge is 0.484 e. The van der Waals surface area contributed by atoms with E-state index in [2.05, 4.69) is 10.1 Å². The third kappa shape index (κ3) is 7.60. The number of hydrogen-bond donors (Lipinski definition) is 1. The Labute approximate surface area is 156 Å². The van der Waals surface area contributed by atoms with E-state index in [1.807, 2.05) is 37.3 Å². The topological polar surface area (TPSA) is 41.6 Å². The van der Waals surface area contributed by atoms with Gasteiger partial charge in [0.05, 0.1) is 0 Å². The number of benzene rings is 2. The summed E-state index contributed by atoms with van der Waals surface area (Å²) in [5.41, 5.74) is 1.83. The Morgan fingerprint density at radius 1 is 1.04 bits per heavy atom. The van der Waals surface area contributed by atoms with Crippen molar-refractivity contribution in [2.75, 3.05) is 13.2 Å². The Bertz CT molecular complexity index is 703. The third-order valence-electron chi connectivity index (χ3n) is 3.77. The molecule has 0 aliphatic rings. The average molecular weight is 380 g/mol. The summed E-state index contributed by atoms with van der Waals surface area (Å²) in [5, 5.41) is 2.85. The molecule has 0 aliphatic heterocycles. The standard InChI is InChI=1S/C20H23F3N2O2/c1-2-12-25(14-17-6-4-3-5-7-17)19(26)24-13-16-8-10-18(11-9-16)27-15-20(21,22)23/h3-11H,2,12-15H2,1H3,(H,24,26). The van der Waals surface area contributed by atoms with Crippen LogP contribution in [-0.2, 0) is 13.1 Å². The van der Waals surface area contributed by atoms with Crippen LogP contribution < -0.4 is 10.1 Å². The van der Waals surface area contributed by atoms with Crippen LogP contribution in [0.15, 0.2) is 54.6 Å². The van der Waals surface area contributed by atoms with E-state index in [4.69, 9.17) is 0 Å². The fourth-order valence-corrected chi connectivity index (χ4v) is 2.48. The minimum atomic E-state index is -4.37. The third-order valence-corrected chi connectivity index (χ3v) is 3.77. The molecule has 0 spiro atoms. The maximum atomic E-state index is 12.5. The SMILES string of the molecule is CCCN(Cc1ccccc1)C(=O)NCc1ccc(OCC(F)(F)F)cc1. The number of nitrogens with one attached hydrogen (secondary N) is 1. The van der Waals surface area contributed by atoms with Gasteiger partial charge in [0.1, 0.15) is 5.75 Å². The van der Waals surface area contributed by atoms with Crippen LogP contribution in [0.25, 0.3) is 0 Å². The second kappa shape index (κ2) is 9.85. The first-order chi connectivity index (χ1) is 12.9. The normalized spacial score (nSPS) is 11.1. The number of carbonyl (C=O) groups is 1. The molecular formula is C20H23F3N2O2. The maximum absolute atomic E-state index is 12.5. The Kier molecular flexibility index (Phi) is 7.52. The molecule has 0 aromatic heterocycles. The smallest absolute Gasteiger partial charge is 0.422 e. The lowest BCUT2D eigenvalue weighted by molar-refractivity contribution is -0.153. The number of ether oxygens (including phenoxy) is 1. The summed E-state index contributed by atoms with van der Waals surface area (Å²) in [4.78, 5) is 14.2. The number of carbonyl (C=O) groups excluding carboxylic acids is 1. The number of halogens is 3. The van der Waals surface area contributed by atoms with Crippen LogP contribution in [0.2, 0.25) is 0 Å². The summed E-state index contributed by atoms with van der Waals surface area (Å²) in [7, 11) is 0. The molecule has 1 N–H and O–H groups in total. The molecule has 0 heterocycles. The molecule has 0 aliphatic carbocycles. The minimum absolute atomic E-state index is 0.138. The van der Waals surface area contributed by atoms with Gasteiger partial charge in [0.2, 0.25) is 0 Å². The molecule has 2 aromatic carbocycles. The first kappa shape index (κ1) is 20.6. The number of urea groups is 1. The molecule has 2 rings (SSSR count). The first-order valence-electron chi connectivity index (χ1n) is 8.72. The number of rotatable bonds is 8. The number of nitrogens with zero attached hydrogens (tertiary/aromatic N) is 1. The van der Waals surface area contributed by atoms with Gasteiger partial charge in [-0.05, 0) is 29.7 Å². The average Bonchev–Trinajstić information content (AvgIpc) is 2.65. The van der Waals surface area contributed by atoms with Gasteiger partial charge in [0, 0.05) is 19.6 Å². The molecule has 2 aromatic rings. The van der Waals surface area contributed by atoms with E-state index in [-0.39, 0.29) is 18.3 Å². The van der Waals surface area contributed by atoms with Crippen LogP contribution in [0.4, 0.5) is 18.0 Å². The molecule has 7 heteroatoms. The molecular weight excluding hydrogens is 357 g/mol. The minimum Gasteiger partial charge on any atom is -0.484 e. The lowest BCUT2D eigenvalue weighted by Crippen LogP contribution is -2.39. The number of hydrogen-bond acceptors (Lipinski definition) is 2. The fourth-order valence-electron chi connectivity index (χ4n) is 2.48. The molecule has 0 fully saturated rings. The van der Waals surface area contributed by atoms with Gasteiger partial charge in [-0.2, -0.15) is 13.2 Å². The lowest BCUT2D eigenvalue weighted by Gasteiger charge is -2.22. The highest BCUT2D eigenvalue weighted by molar-refractivity contribution is 5.74. The summed E-state index contributed by atoms with van der Waals surface area (Å²) in [5.74, 6) is 0.138. The van der Waals surface area contributed by atoms with Crippen LogP contribution >= 0.6 is 0 Å². The Hall–Kier alpha value is -2.70. The van der Waals surface area contributed by atoms with Crippen molar-refractivity contribution in [3.8, 4) is 5.75 Å². The van der Waals surface area contributed by atoms with Crippen molar-refractivity contribution in [1.82, 2.24) is 10.2 Å². The van der Waals surface area contributed by atoms with Gasteiger partial charge in [0.15, 0.2) is 6.61 Å². The van der Waals surface area contributed by atoms with Crippen LogP contribution in [0.3, 0.4) is 0 Å². The van der Waals surface area contributed by atoms with Crippen LogP contribution in [0, 0.1) is 0 Å². The van der Waals surface area contributed by atoms with E-state index in [9.17, 15) is 18.0 Å². The molecule has 0 atom stereocenters. The molecule has 0 unspecified atom stereocenters. The van der Waals surface area contributed by atoms with Gasteiger partial charge in [-0.15, -0.1) is 0 Å². The van der Waals surface area contributed by atoms with Gasteiger partial charge in [-0.3, -0.25) is 0 Å². The Balaban J connectivity index is 1.87. The van der Waals surface area contributed by atoms with Gasteiger partial charge in [-0.25, -0.2) is 4.79 Å². The highest BCUT2D eigenvalue weighted by atomic mass is 19.4. The monoisotopic (exact) mass is 380 g/mol. The van der Waals surface area contributed by atoms with Crippen molar-refractivity contribution in [2.45, 2.75) is 32.6 Å². The summed E-state index contributed by atoms with van der Waals surface area (Å²) in [6.07, 6.45) is -3.53. The second-order valence-electron chi connectivity index (χ2n) is 6.11. The summed E-state index contributed by atoms with van der Waals surface area (Å²) < 4.78 is 41.1. The van der Waals surface area contributed by atoms with E-state index in [1.54, 1.807) is 17.0 Å². The van der Waals surface area contributed by atoms with Crippen molar-refractivity contribution < 1.29 is 22.7 Å².